The Bertz CT molecular complexity index is 762. The van der Waals surface area contributed by atoms with Gasteiger partial charge in [0.05, 0.1) is 17.9 Å². The van der Waals surface area contributed by atoms with E-state index in [1.807, 2.05) is 13.8 Å². The summed E-state index contributed by atoms with van der Waals surface area (Å²) in [6.45, 7) is 8.04. The molecule has 0 saturated carbocycles. The van der Waals surface area contributed by atoms with Crippen LogP contribution in [0.25, 0.3) is 0 Å². The summed E-state index contributed by atoms with van der Waals surface area (Å²) >= 11 is 0. The van der Waals surface area contributed by atoms with Crippen LogP contribution in [0.15, 0.2) is 29.2 Å². The predicted octanol–water partition coefficient (Wildman–Crippen LogP) is 2.63. The first-order valence-corrected chi connectivity index (χ1v) is 11.8. The van der Waals surface area contributed by atoms with Crippen LogP contribution in [0.1, 0.15) is 53.4 Å². The first-order valence-electron chi connectivity index (χ1n) is 10.3. The summed E-state index contributed by atoms with van der Waals surface area (Å²) in [6.07, 6.45) is 2.81. The lowest BCUT2D eigenvalue weighted by Crippen LogP contribution is -2.36. The van der Waals surface area contributed by atoms with Crippen LogP contribution in [0.4, 0.5) is 0 Å². The Kier molecular flexibility index (Phi) is 11.4. The van der Waals surface area contributed by atoms with Crippen LogP contribution in [0.3, 0.4) is 0 Å². The Morgan fingerprint density at radius 1 is 1.07 bits per heavy atom. The molecule has 1 aromatic carbocycles. The molecule has 0 radical (unpaired) electrons. The van der Waals surface area contributed by atoms with Gasteiger partial charge in [0.2, 0.25) is 10.0 Å². The van der Waals surface area contributed by atoms with E-state index in [-0.39, 0.29) is 36.4 Å². The van der Waals surface area contributed by atoms with Gasteiger partial charge in [-0.3, -0.25) is 9.59 Å². The molecule has 8 nitrogen and oxygen atoms in total. The zero-order chi connectivity index (χ0) is 22.6. The number of hydrogen-bond acceptors (Lipinski definition) is 6. The number of carbonyl (C=O) groups excluding carboxylic acids is 2. The summed E-state index contributed by atoms with van der Waals surface area (Å²) in [7, 11) is -3.74. The standard InChI is InChI=1S/C21H34N2O6S/c1-5-28-18-9-11-19(12-10-18)30(26,27)22-14-13-21(25)29-15-20(24)23-17(4)8-6-7-16(2)3/h9-12,16-17,22H,5-8,13-15H2,1-4H3,(H,23,24). The van der Waals surface area contributed by atoms with Crippen molar-refractivity contribution < 1.29 is 27.5 Å². The number of carbonyl (C=O) groups is 2. The van der Waals surface area contributed by atoms with E-state index in [2.05, 4.69) is 23.9 Å². The minimum Gasteiger partial charge on any atom is -0.494 e. The van der Waals surface area contributed by atoms with Crippen LogP contribution in [-0.2, 0) is 24.3 Å². The van der Waals surface area contributed by atoms with Crippen molar-refractivity contribution in [1.29, 1.82) is 0 Å². The SMILES string of the molecule is CCOc1ccc(S(=O)(=O)NCCC(=O)OCC(=O)NC(C)CCCC(C)C)cc1. The van der Waals surface area contributed by atoms with Crippen molar-refractivity contribution in [2.24, 2.45) is 5.92 Å². The molecule has 0 spiro atoms. The highest BCUT2D eigenvalue weighted by Crippen LogP contribution is 2.15. The van der Waals surface area contributed by atoms with Gasteiger partial charge in [0.25, 0.3) is 5.91 Å². The molecule has 1 aromatic rings. The van der Waals surface area contributed by atoms with Gasteiger partial charge in [-0.15, -0.1) is 0 Å². The molecule has 1 amide bonds. The van der Waals surface area contributed by atoms with Gasteiger partial charge >= 0.3 is 5.97 Å². The Morgan fingerprint density at radius 3 is 2.33 bits per heavy atom. The molecule has 0 bridgehead atoms. The average Bonchev–Trinajstić information content (AvgIpc) is 2.66. The van der Waals surface area contributed by atoms with Gasteiger partial charge < -0.3 is 14.8 Å². The quantitative estimate of drug-likeness (QED) is 0.429. The monoisotopic (exact) mass is 442 g/mol. The molecule has 1 unspecified atom stereocenters. The van der Waals surface area contributed by atoms with Crippen molar-refractivity contribution >= 4 is 21.9 Å². The highest BCUT2D eigenvalue weighted by Gasteiger charge is 2.15. The van der Waals surface area contributed by atoms with Crippen molar-refractivity contribution in [2.45, 2.75) is 64.3 Å². The molecule has 0 fully saturated rings. The Labute approximate surface area is 179 Å². The van der Waals surface area contributed by atoms with Gasteiger partial charge in [-0.05, 0) is 50.5 Å². The van der Waals surface area contributed by atoms with E-state index in [9.17, 15) is 18.0 Å². The lowest BCUT2D eigenvalue weighted by atomic mass is 10.0. The molecule has 2 N–H and O–H groups in total. The summed E-state index contributed by atoms with van der Waals surface area (Å²) in [6, 6.07) is 6.00. The van der Waals surface area contributed by atoms with E-state index in [0.717, 1.165) is 19.3 Å². The minimum atomic E-state index is -3.74. The number of amides is 1. The molecule has 9 heteroatoms. The molecule has 1 rings (SSSR count). The first-order chi connectivity index (χ1) is 14.1. The predicted molar refractivity (Wildman–Crippen MR) is 115 cm³/mol. The summed E-state index contributed by atoms with van der Waals surface area (Å²) in [5.74, 6) is 0.190. The fraction of sp³-hybridized carbons (Fsp3) is 0.619. The number of nitrogens with one attached hydrogen (secondary N) is 2. The summed E-state index contributed by atoms with van der Waals surface area (Å²) in [4.78, 5) is 23.7. The van der Waals surface area contributed by atoms with Gasteiger partial charge in [0.1, 0.15) is 5.75 Å². The smallest absolute Gasteiger partial charge is 0.307 e. The van der Waals surface area contributed by atoms with Crippen LogP contribution in [0, 0.1) is 5.92 Å². The van der Waals surface area contributed by atoms with Crippen LogP contribution < -0.4 is 14.8 Å². The van der Waals surface area contributed by atoms with Crippen molar-refractivity contribution in [2.75, 3.05) is 19.8 Å². The second kappa shape index (κ2) is 13.2. The fourth-order valence-electron chi connectivity index (χ4n) is 2.69. The third-order valence-corrected chi connectivity index (χ3v) is 5.73. The van der Waals surface area contributed by atoms with Crippen LogP contribution in [0.2, 0.25) is 0 Å². The lowest BCUT2D eigenvalue weighted by molar-refractivity contribution is -0.148. The Balaban J connectivity index is 2.29. The van der Waals surface area contributed by atoms with Crippen LogP contribution in [-0.4, -0.2) is 46.1 Å². The molecule has 0 aliphatic heterocycles. The number of benzene rings is 1. The maximum absolute atomic E-state index is 12.2. The molecule has 0 aliphatic carbocycles. The molecule has 1 atom stereocenters. The second-order valence-electron chi connectivity index (χ2n) is 7.51. The third kappa shape index (κ3) is 10.6. The van der Waals surface area contributed by atoms with E-state index in [0.29, 0.717) is 18.3 Å². The van der Waals surface area contributed by atoms with E-state index in [1.165, 1.54) is 12.1 Å². The number of hydrogen-bond donors (Lipinski definition) is 2. The van der Waals surface area contributed by atoms with Crippen molar-refractivity contribution in [3.05, 3.63) is 24.3 Å². The van der Waals surface area contributed by atoms with E-state index < -0.39 is 16.0 Å². The number of rotatable bonds is 14. The third-order valence-electron chi connectivity index (χ3n) is 4.26. The molecule has 30 heavy (non-hydrogen) atoms. The normalized spacial score (nSPS) is 12.4. The zero-order valence-electron chi connectivity index (χ0n) is 18.3. The van der Waals surface area contributed by atoms with E-state index >= 15 is 0 Å². The maximum Gasteiger partial charge on any atom is 0.307 e. The molecular weight excluding hydrogens is 408 g/mol. The average molecular weight is 443 g/mol. The second-order valence-corrected chi connectivity index (χ2v) is 9.27. The largest absolute Gasteiger partial charge is 0.494 e. The Hall–Kier alpha value is -2.13. The molecule has 0 aromatic heterocycles. The highest BCUT2D eigenvalue weighted by molar-refractivity contribution is 7.89. The van der Waals surface area contributed by atoms with E-state index in [4.69, 9.17) is 9.47 Å². The minimum absolute atomic E-state index is 0.0101. The van der Waals surface area contributed by atoms with Crippen LogP contribution in [0.5, 0.6) is 5.75 Å². The van der Waals surface area contributed by atoms with Gasteiger partial charge in [-0.25, -0.2) is 13.1 Å². The van der Waals surface area contributed by atoms with Crippen molar-refractivity contribution in [3.8, 4) is 5.75 Å². The van der Waals surface area contributed by atoms with Crippen molar-refractivity contribution in [3.63, 3.8) is 0 Å². The molecular formula is C21H34N2O6S. The van der Waals surface area contributed by atoms with Crippen molar-refractivity contribution in [1.82, 2.24) is 10.0 Å². The Morgan fingerprint density at radius 2 is 1.73 bits per heavy atom. The van der Waals surface area contributed by atoms with Crippen LogP contribution >= 0.6 is 0 Å². The zero-order valence-corrected chi connectivity index (χ0v) is 19.1. The summed E-state index contributed by atoms with van der Waals surface area (Å²) in [5, 5.41) is 2.79. The van der Waals surface area contributed by atoms with Gasteiger partial charge in [-0.2, -0.15) is 0 Å². The molecule has 0 heterocycles. The number of sulfonamides is 1. The maximum atomic E-state index is 12.2. The topological polar surface area (TPSA) is 111 Å². The lowest BCUT2D eigenvalue weighted by Gasteiger charge is -2.14. The van der Waals surface area contributed by atoms with Gasteiger partial charge in [-0.1, -0.05) is 26.7 Å². The molecule has 0 aliphatic rings. The number of ether oxygens (including phenoxy) is 2. The summed E-state index contributed by atoms with van der Waals surface area (Å²) < 4.78 is 37.0. The van der Waals surface area contributed by atoms with Gasteiger partial charge in [0.15, 0.2) is 6.61 Å². The van der Waals surface area contributed by atoms with E-state index in [1.54, 1.807) is 12.1 Å². The fourth-order valence-corrected chi connectivity index (χ4v) is 3.72. The first kappa shape index (κ1) is 25.9. The van der Waals surface area contributed by atoms with Gasteiger partial charge in [0, 0.05) is 12.6 Å². The molecule has 0 saturated heterocycles. The molecule has 170 valence electrons. The number of esters is 1. The highest BCUT2D eigenvalue weighted by atomic mass is 32.2. The summed E-state index contributed by atoms with van der Waals surface area (Å²) in [5.41, 5.74) is 0.